The summed E-state index contributed by atoms with van der Waals surface area (Å²) in [5, 5.41) is 8.21. The molecular weight excluding hydrogens is 442 g/mol. The third-order valence-corrected chi connectivity index (χ3v) is 6.60. The number of nitrogens with one attached hydrogen (secondary N) is 1. The highest BCUT2D eigenvalue weighted by Crippen LogP contribution is 2.28. The van der Waals surface area contributed by atoms with Gasteiger partial charge in [-0.1, -0.05) is 0 Å². The van der Waals surface area contributed by atoms with Crippen LogP contribution in [0.25, 0.3) is 10.6 Å². The summed E-state index contributed by atoms with van der Waals surface area (Å²) in [5.41, 5.74) is 2.04. The lowest BCUT2D eigenvalue weighted by Crippen LogP contribution is -2.36. The Kier molecular flexibility index (Phi) is 6.55. The van der Waals surface area contributed by atoms with Gasteiger partial charge in [-0.05, 0) is 44.2 Å². The van der Waals surface area contributed by atoms with Crippen molar-refractivity contribution in [3.8, 4) is 16.3 Å². The summed E-state index contributed by atoms with van der Waals surface area (Å²) in [6.45, 7) is 4.63. The lowest BCUT2D eigenvalue weighted by molar-refractivity contribution is -0.126. The predicted octanol–water partition coefficient (Wildman–Crippen LogP) is 2.16. The van der Waals surface area contributed by atoms with Crippen molar-refractivity contribution in [1.29, 1.82) is 0 Å². The normalized spacial score (nSPS) is 15.7. The predicted molar refractivity (Wildman–Crippen MR) is 126 cm³/mol. The number of aromatic nitrogens is 3. The molecule has 1 fully saturated rings. The Bertz CT molecular complexity index is 1230. The van der Waals surface area contributed by atoms with Gasteiger partial charge in [-0.15, -0.1) is 11.3 Å². The van der Waals surface area contributed by atoms with Gasteiger partial charge in [-0.2, -0.15) is 5.10 Å². The van der Waals surface area contributed by atoms with E-state index in [2.05, 4.69) is 15.4 Å². The average Bonchev–Trinajstić information content (AvgIpc) is 3.36. The first-order chi connectivity index (χ1) is 15.9. The summed E-state index contributed by atoms with van der Waals surface area (Å²) in [4.78, 5) is 44.3. The first-order valence-corrected chi connectivity index (χ1v) is 11.4. The Hall–Kier alpha value is -3.53. The largest absolute Gasteiger partial charge is 0.497 e. The number of nitrogens with zero attached hydrogens (tertiary/aromatic N) is 4. The Balaban J connectivity index is 1.36. The molecule has 0 spiro atoms. The number of hydrogen-bond acceptors (Lipinski definition) is 7. The van der Waals surface area contributed by atoms with Gasteiger partial charge in [0.2, 0.25) is 11.8 Å². The van der Waals surface area contributed by atoms with Crippen LogP contribution < -0.4 is 20.5 Å². The highest BCUT2D eigenvalue weighted by Gasteiger charge is 2.35. The van der Waals surface area contributed by atoms with E-state index in [1.807, 2.05) is 13.8 Å². The van der Waals surface area contributed by atoms with Crippen molar-refractivity contribution in [2.75, 3.05) is 25.1 Å². The summed E-state index contributed by atoms with van der Waals surface area (Å²) in [6, 6.07) is 10.3. The molecule has 1 saturated heterocycles. The van der Waals surface area contributed by atoms with Gasteiger partial charge in [0.1, 0.15) is 11.4 Å². The molecule has 1 aromatic carbocycles. The van der Waals surface area contributed by atoms with Crippen LogP contribution in [-0.2, 0) is 16.1 Å². The number of rotatable bonds is 7. The topological polar surface area (TPSA) is 106 Å². The standard InChI is InChI=1S/C23H25N5O4S/c1-14-22(33-15(2)25-14)19-8-9-20(29)28(26-19)11-10-24-23(31)16-12-21(30)27(13-16)17-4-6-18(32-3)7-5-17/h4-9,16H,10-13H2,1-3H3,(H,24,31). The number of hydrogen-bond donors (Lipinski definition) is 1. The van der Waals surface area contributed by atoms with Gasteiger partial charge in [0.05, 0.1) is 35.2 Å². The molecule has 2 amide bonds. The first kappa shape index (κ1) is 22.7. The highest BCUT2D eigenvalue weighted by molar-refractivity contribution is 7.15. The maximum Gasteiger partial charge on any atom is 0.266 e. The molecule has 9 nitrogen and oxygen atoms in total. The molecule has 2 aromatic heterocycles. The number of ether oxygens (including phenoxy) is 1. The number of aryl methyl sites for hydroxylation is 2. The van der Waals surface area contributed by atoms with Crippen LogP contribution in [0.3, 0.4) is 0 Å². The monoisotopic (exact) mass is 467 g/mol. The summed E-state index contributed by atoms with van der Waals surface area (Å²) in [6.07, 6.45) is 0.148. The Morgan fingerprint density at radius 1 is 1.18 bits per heavy atom. The lowest BCUT2D eigenvalue weighted by Gasteiger charge is -2.17. The third kappa shape index (κ3) is 4.95. The quantitative estimate of drug-likeness (QED) is 0.571. The van der Waals surface area contributed by atoms with E-state index in [0.29, 0.717) is 18.0 Å². The van der Waals surface area contributed by atoms with Crippen LogP contribution in [0.15, 0.2) is 41.2 Å². The summed E-state index contributed by atoms with van der Waals surface area (Å²) < 4.78 is 6.49. The summed E-state index contributed by atoms with van der Waals surface area (Å²) in [5.74, 6) is -0.0506. The number of thiazole rings is 1. The van der Waals surface area contributed by atoms with E-state index >= 15 is 0 Å². The van der Waals surface area contributed by atoms with Crippen molar-refractivity contribution in [2.45, 2.75) is 26.8 Å². The van der Waals surface area contributed by atoms with Gasteiger partial charge in [0, 0.05) is 31.3 Å². The second kappa shape index (κ2) is 9.53. The van der Waals surface area contributed by atoms with E-state index in [9.17, 15) is 14.4 Å². The molecule has 33 heavy (non-hydrogen) atoms. The molecule has 1 atom stereocenters. The van der Waals surface area contributed by atoms with Crippen molar-refractivity contribution < 1.29 is 14.3 Å². The molecule has 1 N–H and O–H groups in total. The number of anilines is 1. The van der Waals surface area contributed by atoms with Gasteiger partial charge in [-0.3, -0.25) is 14.4 Å². The third-order valence-electron chi connectivity index (χ3n) is 5.51. The zero-order valence-electron chi connectivity index (χ0n) is 18.7. The van der Waals surface area contributed by atoms with Crippen molar-refractivity contribution in [3.63, 3.8) is 0 Å². The van der Waals surface area contributed by atoms with E-state index in [1.165, 1.54) is 22.1 Å². The number of carbonyl (C=O) groups excluding carboxylic acids is 2. The molecule has 0 saturated carbocycles. The van der Waals surface area contributed by atoms with Gasteiger partial charge in [0.15, 0.2) is 0 Å². The Morgan fingerprint density at radius 2 is 1.94 bits per heavy atom. The molecule has 0 radical (unpaired) electrons. The van der Waals surface area contributed by atoms with Gasteiger partial charge < -0.3 is 15.0 Å². The molecule has 3 heterocycles. The van der Waals surface area contributed by atoms with Gasteiger partial charge in [0.25, 0.3) is 5.56 Å². The fourth-order valence-corrected chi connectivity index (χ4v) is 4.71. The summed E-state index contributed by atoms with van der Waals surface area (Å²) in [7, 11) is 1.58. The minimum absolute atomic E-state index is 0.0962. The SMILES string of the molecule is COc1ccc(N2CC(C(=O)NCCn3nc(-c4sc(C)nc4C)ccc3=O)CC2=O)cc1. The average molecular weight is 468 g/mol. The summed E-state index contributed by atoms with van der Waals surface area (Å²) >= 11 is 1.53. The van der Waals surface area contributed by atoms with Crippen molar-refractivity contribution >= 4 is 28.8 Å². The zero-order chi connectivity index (χ0) is 23.5. The Labute approximate surface area is 195 Å². The first-order valence-electron chi connectivity index (χ1n) is 10.6. The van der Waals surface area contributed by atoms with Crippen LogP contribution in [0.2, 0.25) is 0 Å². The number of carbonyl (C=O) groups is 2. The molecular formula is C23H25N5O4S. The van der Waals surface area contributed by atoms with Crippen molar-refractivity contribution in [3.05, 3.63) is 57.5 Å². The van der Waals surface area contributed by atoms with E-state index < -0.39 is 5.92 Å². The smallest absolute Gasteiger partial charge is 0.266 e. The molecule has 0 aliphatic carbocycles. The molecule has 3 aromatic rings. The van der Waals surface area contributed by atoms with E-state index in [1.54, 1.807) is 42.3 Å². The number of benzene rings is 1. The second-order valence-corrected chi connectivity index (χ2v) is 9.03. The molecule has 10 heteroatoms. The lowest BCUT2D eigenvalue weighted by atomic mass is 10.1. The fraction of sp³-hybridized carbons (Fsp3) is 0.348. The van der Waals surface area contributed by atoms with Gasteiger partial charge in [-0.25, -0.2) is 9.67 Å². The number of amides is 2. The van der Waals surface area contributed by atoms with Crippen LogP contribution in [0.1, 0.15) is 17.1 Å². The molecule has 0 bridgehead atoms. The molecule has 4 rings (SSSR count). The highest BCUT2D eigenvalue weighted by atomic mass is 32.1. The van der Waals surface area contributed by atoms with Crippen molar-refractivity contribution in [1.82, 2.24) is 20.1 Å². The van der Waals surface area contributed by atoms with Crippen LogP contribution in [-0.4, -0.2) is 46.8 Å². The molecule has 1 aliphatic rings. The maximum atomic E-state index is 12.7. The molecule has 172 valence electrons. The van der Waals surface area contributed by atoms with Crippen LogP contribution >= 0.6 is 11.3 Å². The zero-order valence-corrected chi connectivity index (χ0v) is 19.5. The van der Waals surface area contributed by atoms with Crippen LogP contribution in [0.5, 0.6) is 5.75 Å². The second-order valence-electron chi connectivity index (χ2n) is 7.82. The maximum absolute atomic E-state index is 12.7. The number of methoxy groups -OCH3 is 1. The van der Waals surface area contributed by atoms with Crippen LogP contribution in [0, 0.1) is 19.8 Å². The minimum Gasteiger partial charge on any atom is -0.497 e. The minimum atomic E-state index is -0.446. The Morgan fingerprint density at radius 3 is 2.61 bits per heavy atom. The van der Waals surface area contributed by atoms with Crippen LogP contribution in [0.4, 0.5) is 5.69 Å². The van der Waals surface area contributed by atoms with E-state index in [-0.39, 0.29) is 36.9 Å². The van der Waals surface area contributed by atoms with Gasteiger partial charge >= 0.3 is 0 Å². The fourth-order valence-electron chi connectivity index (χ4n) is 3.82. The molecule has 1 unspecified atom stereocenters. The molecule has 1 aliphatic heterocycles. The van der Waals surface area contributed by atoms with E-state index in [4.69, 9.17) is 4.74 Å². The van der Waals surface area contributed by atoms with E-state index in [0.717, 1.165) is 21.3 Å². The van der Waals surface area contributed by atoms with Crippen molar-refractivity contribution in [2.24, 2.45) is 5.92 Å².